The molecule has 8 nitrogen and oxygen atoms in total. The van der Waals surface area contributed by atoms with Crippen LogP contribution in [-0.2, 0) is 11.3 Å². The minimum absolute atomic E-state index is 0.0519. The first-order valence-corrected chi connectivity index (χ1v) is 9.39. The van der Waals surface area contributed by atoms with Gasteiger partial charge in [-0.25, -0.2) is 9.07 Å². The number of amides is 2. The number of halogens is 2. The number of hydrogen-bond acceptors (Lipinski definition) is 5. The summed E-state index contributed by atoms with van der Waals surface area (Å²) in [6.45, 7) is 1.78. The van der Waals surface area contributed by atoms with Gasteiger partial charge < -0.3 is 14.5 Å². The highest BCUT2D eigenvalue weighted by molar-refractivity contribution is 6.33. The van der Waals surface area contributed by atoms with Gasteiger partial charge in [0.05, 0.1) is 23.7 Å². The Morgan fingerprint density at radius 2 is 1.76 bits per heavy atom. The van der Waals surface area contributed by atoms with Gasteiger partial charge in [0, 0.05) is 39.4 Å². The molecule has 2 aromatic rings. The van der Waals surface area contributed by atoms with Crippen LogP contribution in [-0.4, -0.2) is 71.3 Å². The number of ether oxygens (including phenoxy) is 1. The Kier molecular flexibility index (Phi) is 6.60. The normalized spacial score (nSPS) is 14.2. The summed E-state index contributed by atoms with van der Waals surface area (Å²) in [7, 11) is 1.51. The molecule has 0 bridgehead atoms. The summed E-state index contributed by atoms with van der Waals surface area (Å²) < 4.78 is 19.3. The maximum atomic E-state index is 13.2. The molecular formula is C19H20ClFN4O4. The zero-order chi connectivity index (χ0) is 21.0. The van der Waals surface area contributed by atoms with Crippen LogP contribution in [0.15, 0.2) is 35.1 Å². The Morgan fingerprint density at radius 3 is 2.38 bits per heavy atom. The molecule has 1 fully saturated rings. The van der Waals surface area contributed by atoms with Crippen molar-refractivity contribution in [3.63, 3.8) is 0 Å². The van der Waals surface area contributed by atoms with E-state index in [0.717, 1.165) is 6.07 Å². The van der Waals surface area contributed by atoms with Crippen LogP contribution in [0.4, 0.5) is 4.39 Å². The van der Waals surface area contributed by atoms with Crippen LogP contribution in [0, 0.1) is 5.82 Å². The van der Waals surface area contributed by atoms with Crippen LogP contribution in [0.5, 0.6) is 0 Å². The highest BCUT2D eigenvalue weighted by atomic mass is 35.5. The van der Waals surface area contributed by atoms with E-state index in [1.807, 2.05) is 0 Å². The molecule has 0 atom stereocenters. The van der Waals surface area contributed by atoms with E-state index in [0.29, 0.717) is 32.8 Å². The Bertz CT molecular complexity index is 973. The van der Waals surface area contributed by atoms with Crippen LogP contribution in [0.1, 0.15) is 20.8 Å². The maximum Gasteiger partial charge on any atom is 0.274 e. The van der Waals surface area contributed by atoms with Crippen molar-refractivity contribution in [1.29, 1.82) is 0 Å². The van der Waals surface area contributed by atoms with Crippen molar-refractivity contribution in [2.75, 3.05) is 39.9 Å². The predicted octanol–water partition coefficient (Wildman–Crippen LogP) is 1.28. The van der Waals surface area contributed by atoms with Crippen molar-refractivity contribution >= 4 is 23.4 Å². The largest absolute Gasteiger partial charge is 0.383 e. The molecule has 3 rings (SSSR count). The summed E-state index contributed by atoms with van der Waals surface area (Å²) in [6, 6.07) is 6.32. The summed E-state index contributed by atoms with van der Waals surface area (Å²) >= 11 is 5.97. The molecule has 1 aromatic carbocycles. The van der Waals surface area contributed by atoms with Crippen molar-refractivity contribution in [3.8, 4) is 0 Å². The molecule has 0 radical (unpaired) electrons. The van der Waals surface area contributed by atoms with Crippen molar-refractivity contribution < 1.29 is 18.7 Å². The Balaban J connectivity index is 1.65. The number of hydrogen-bond donors (Lipinski definition) is 0. The van der Waals surface area contributed by atoms with E-state index in [1.165, 1.54) is 36.1 Å². The quantitative estimate of drug-likeness (QED) is 0.724. The van der Waals surface area contributed by atoms with Crippen molar-refractivity contribution in [1.82, 2.24) is 19.6 Å². The Morgan fingerprint density at radius 1 is 1.10 bits per heavy atom. The minimum atomic E-state index is -0.513. The third-order valence-electron chi connectivity index (χ3n) is 4.61. The van der Waals surface area contributed by atoms with E-state index in [9.17, 15) is 18.8 Å². The average Bonchev–Trinajstić information content (AvgIpc) is 2.72. The molecule has 0 saturated carbocycles. The third-order valence-corrected chi connectivity index (χ3v) is 4.92. The minimum Gasteiger partial charge on any atom is -0.383 e. The molecule has 29 heavy (non-hydrogen) atoms. The van der Waals surface area contributed by atoms with Gasteiger partial charge in [0.25, 0.3) is 17.4 Å². The number of piperazine rings is 1. The van der Waals surface area contributed by atoms with Gasteiger partial charge in [-0.1, -0.05) is 11.6 Å². The van der Waals surface area contributed by atoms with Gasteiger partial charge >= 0.3 is 0 Å². The molecule has 1 aliphatic rings. The lowest BCUT2D eigenvalue weighted by atomic mass is 10.1. The number of carbonyl (C=O) groups is 2. The summed E-state index contributed by atoms with van der Waals surface area (Å²) in [4.78, 5) is 40.3. The average molecular weight is 423 g/mol. The zero-order valence-corrected chi connectivity index (χ0v) is 16.6. The van der Waals surface area contributed by atoms with Crippen molar-refractivity contribution in [2.45, 2.75) is 6.54 Å². The molecule has 154 valence electrons. The number of benzene rings is 1. The summed E-state index contributed by atoms with van der Waals surface area (Å²) in [5.74, 6) is -1.14. The maximum absolute atomic E-state index is 13.2. The van der Waals surface area contributed by atoms with Crippen LogP contribution in [0.3, 0.4) is 0 Å². The van der Waals surface area contributed by atoms with Crippen LogP contribution in [0.2, 0.25) is 5.02 Å². The summed E-state index contributed by atoms with van der Waals surface area (Å²) in [5, 5.41) is 4.16. The molecular weight excluding hydrogens is 403 g/mol. The fourth-order valence-electron chi connectivity index (χ4n) is 3.01. The molecule has 0 aliphatic carbocycles. The summed E-state index contributed by atoms with van der Waals surface area (Å²) in [5.41, 5.74) is 0.0620. The molecule has 2 amide bonds. The smallest absolute Gasteiger partial charge is 0.274 e. The van der Waals surface area contributed by atoms with E-state index >= 15 is 0 Å². The van der Waals surface area contributed by atoms with Gasteiger partial charge in [-0.15, -0.1) is 0 Å². The fourth-order valence-corrected chi connectivity index (χ4v) is 3.26. The van der Waals surface area contributed by atoms with Crippen LogP contribution < -0.4 is 5.56 Å². The molecule has 10 heteroatoms. The molecule has 0 spiro atoms. The lowest BCUT2D eigenvalue weighted by Gasteiger charge is -2.34. The first kappa shape index (κ1) is 20.9. The predicted molar refractivity (Wildman–Crippen MR) is 104 cm³/mol. The molecule has 0 N–H and O–H groups in total. The van der Waals surface area contributed by atoms with Gasteiger partial charge in [0.15, 0.2) is 0 Å². The van der Waals surface area contributed by atoms with Crippen LogP contribution in [0.25, 0.3) is 0 Å². The van der Waals surface area contributed by atoms with Gasteiger partial charge in [-0.2, -0.15) is 5.10 Å². The second-order valence-corrected chi connectivity index (χ2v) is 6.89. The van der Waals surface area contributed by atoms with E-state index in [1.54, 1.807) is 9.80 Å². The highest BCUT2D eigenvalue weighted by Crippen LogP contribution is 2.20. The highest BCUT2D eigenvalue weighted by Gasteiger charge is 2.27. The van der Waals surface area contributed by atoms with Gasteiger partial charge in [-0.3, -0.25) is 14.4 Å². The standard InChI is InChI=1S/C19H20ClFN4O4/c1-29-11-10-25-17(26)5-4-16(22-25)19(28)24-8-6-23(7-9-24)18(27)14-3-2-13(21)12-15(14)20/h2-5,12H,6-11H2,1H3. The molecule has 1 saturated heterocycles. The topological polar surface area (TPSA) is 84.7 Å². The van der Waals surface area contributed by atoms with Crippen LogP contribution >= 0.6 is 11.6 Å². The molecule has 1 aliphatic heterocycles. The van der Waals surface area contributed by atoms with Crippen molar-refractivity contribution in [3.05, 3.63) is 62.8 Å². The van der Waals surface area contributed by atoms with Crippen molar-refractivity contribution in [2.24, 2.45) is 0 Å². The number of carbonyl (C=O) groups excluding carboxylic acids is 2. The van der Waals surface area contributed by atoms with E-state index in [2.05, 4.69) is 5.10 Å². The van der Waals surface area contributed by atoms with Gasteiger partial charge in [0.2, 0.25) is 0 Å². The van der Waals surface area contributed by atoms with E-state index in [-0.39, 0.29) is 40.2 Å². The molecule has 1 aromatic heterocycles. The fraction of sp³-hybridized carbons (Fsp3) is 0.368. The number of methoxy groups -OCH3 is 1. The van der Waals surface area contributed by atoms with Gasteiger partial charge in [-0.05, 0) is 24.3 Å². The first-order valence-electron chi connectivity index (χ1n) is 9.01. The first-order chi connectivity index (χ1) is 13.9. The lowest BCUT2D eigenvalue weighted by Crippen LogP contribution is -2.51. The third kappa shape index (κ3) is 4.80. The second-order valence-electron chi connectivity index (χ2n) is 6.48. The zero-order valence-electron chi connectivity index (χ0n) is 15.8. The Labute approximate surface area is 171 Å². The molecule has 2 heterocycles. The number of nitrogens with zero attached hydrogens (tertiary/aromatic N) is 4. The Hall–Kier alpha value is -2.78. The lowest BCUT2D eigenvalue weighted by molar-refractivity contribution is 0.0530. The number of aromatic nitrogens is 2. The summed E-state index contributed by atoms with van der Waals surface area (Å²) in [6.07, 6.45) is 0. The van der Waals surface area contributed by atoms with Gasteiger partial charge in [0.1, 0.15) is 11.5 Å². The molecule has 0 unspecified atom stereocenters. The SMILES string of the molecule is COCCn1nc(C(=O)N2CCN(C(=O)c3ccc(F)cc3Cl)CC2)ccc1=O. The second kappa shape index (κ2) is 9.15. The monoisotopic (exact) mass is 422 g/mol. The number of rotatable bonds is 5. The van der Waals surface area contributed by atoms with E-state index in [4.69, 9.17) is 16.3 Å². The van der Waals surface area contributed by atoms with E-state index < -0.39 is 5.82 Å².